The number of nitrogens with one attached hydrogen (secondary N) is 1. The van der Waals surface area contributed by atoms with Crippen molar-refractivity contribution < 1.29 is 4.74 Å². The van der Waals surface area contributed by atoms with Crippen molar-refractivity contribution in [2.75, 3.05) is 6.54 Å². The van der Waals surface area contributed by atoms with Crippen LogP contribution in [-0.4, -0.2) is 12.6 Å². The SMILES string of the molecule is CCC(C)Oc1ccccc1C(C)NCC(C)(C)C. The first-order valence-electron chi connectivity index (χ1n) is 7.32. The van der Waals surface area contributed by atoms with E-state index in [9.17, 15) is 0 Å². The van der Waals surface area contributed by atoms with Crippen molar-refractivity contribution in [1.29, 1.82) is 0 Å². The van der Waals surface area contributed by atoms with E-state index in [4.69, 9.17) is 4.74 Å². The van der Waals surface area contributed by atoms with Gasteiger partial charge in [-0.3, -0.25) is 0 Å². The number of ether oxygens (including phenoxy) is 1. The van der Waals surface area contributed by atoms with Crippen LogP contribution in [0.3, 0.4) is 0 Å². The molecule has 1 aromatic rings. The molecule has 2 atom stereocenters. The van der Waals surface area contributed by atoms with Crippen LogP contribution >= 0.6 is 0 Å². The summed E-state index contributed by atoms with van der Waals surface area (Å²) in [5, 5.41) is 3.59. The van der Waals surface area contributed by atoms with E-state index < -0.39 is 0 Å². The van der Waals surface area contributed by atoms with Gasteiger partial charge in [-0.05, 0) is 31.7 Å². The second-order valence-electron chi connectivity index (χ2n) is 6.54. The van der Waals surface area contributed by atoms with Crippen LogP contribution < -0.4 is 10.1 Å². The van der Waals surface area contributed by atoms with Crippen molar-refractivity contribution in [3.05, 3.63) is 29.8 Å². The summed E-state index contributed by atoms with van der Waals surface area (Å²) in [6.07, 6.45) is 1.29. The quantitative estimate of drug-likeness (QED) is 0.812. The van der Waals surface area contributed by atoms with E-state index in [0.29, 0.717) is 11.5 Å². The number of rotatable bonds is 6. The van der Waals surface area contributed by atoms with Gasteiger partial charge < -0.3 is 10.1 Å². The Morgan fingerprint density at radius 2 is 1.79 bits per heavy atom. The molecule has 0 fully saturated rings. The zero-order chi connectivity index (χ0) is 14.5. The molecule has 0 radical (unpaired) electrons. The second-order valence-corrected chi connectivity index (χ2v) is 6.54. The van der Waals surface area contributed by atoms with Crippen LogP contribution in [-0.2, 0) is 0 Å². The Hall–Kier alpha value is -1.02. The maximum absolute atomic E-state index is 6.01. The number of para-hydroxylation sites is 1. The van der Waals surface area contributed by atoms with E-state index in [1.165, 1.54) is 5.56 Å². The molecule has 2 heteroatoms. The summed E-state index contributed by atoms with van der Waals surface area (Å²) in [5.41, 5.74) is 1.54. The lowest BCUT2D eigenvalue weighted by molar-refractivity contribution is 0.213. The second kappa shape index (κ2) is 6.95. The molecule has 1 N–H and O–H groups in total. The van der Waals surface area contributed by atoms with Gasteiger partial charge in [0.25, 0.3) is 0 Å². The van der Waals surface area contributed by atoms with E-state index in [1.54, 1.807) is 0 Å². The topological polar surface area (TPSA) is 21.3 Å². The molecule has 0 saturated carbocycles. The van der Waals surface area contributed by atoms with Gasteiger partial charge in [-0.2, -0.15) is 0 Å². The molecule has 0 aliphatic heterocycles. The van der Waals surface area contributed by atoms with E-state index in [1.807, 2.05) is 6.07 Å². The van der Waals surface area contributed by atoms with Crippen LogP contribution in [0.5, 0.6) is 5.75 Å². The minimum Gasteiger partial charge on any atom is -0.490 e. The van der Waals surface area contributed by atoms with Gasteiger partial charge >= 0.3 is 0 Å². The molecule has 1 rings (SSSR count). The highest BCUT2D eigenvalue weighted by molar-refractivity contribution is 5.35. The smallest absolute Gasteiger partial charge is 0.124 e. The summed E-state index contributed by atoms with van der Waals surface area (Å²) in [7, 11) is 0. The summed E-state index contributed by atoms with van der Waals surface area (Å²) in [5.74, 6) is 1.01. The molecule has 108 valence electrons. The molecule has 2 nitrogen and oxygen atoms in total. The lowest BCUT2D eigenvalue weighted by atomic mass is 9.96. The van der Waals surface area contributed by atoms with Gasteiger partial charge in [0.05, 0.1) is 6.10 Å². The van der Waals surface area contributed by atoms with Crippen molar-refractivity contribution in [1.82, 2.24) is 5.32 Å². The Bertz CT molecular complexity index is 381. The maximum atomic E-state index is 6.01. The molecular weight excluding hydrogens is 234 g/mol. The molecule has 0 aliphatic carbocycles. The highest BCUT2D eigenvalue weighted by atomic mass is 16.5. The minimum atomic E-state index is 0.260. The largest absolute Gasteiger partial charge is 0.490 e. The average molecular weight is 263 g/mol. The van der Waals surface area contributed by atoms with E-state index in [2.05, 4.69) is 65.1 Å². The fraction of sp³-hybridized carbons (Fsp3) is 0.647. The zero-order valence-corrected chi connectivity index (χ0v) is 13.3. The molecule has 19 heavy (non-hydrogen) atoms. The van der Waals surface area contributed by atoms with Crippen LogP contribution in [0, 0.1) is 5.41 Å². The molecule has 0 aromatic heterocycles. The van der Waals surface area contributed by atoms with Gasteiger partial charge in [-0.1, -0.05) is 45.9 Å². The summed E-state index contributed by atoms with van der Waals surface area (Å²) in [6, 6.07) is 8.64. The average Bonchev–Trinajstić information content (AvgIpc) is 2.35. The zero-order valence-electron chi connectivity index (χ0n) is 13.3. The van der Waals surface area contributed by atoms with Crippen molar-refractivity contribution in [2.24, 2.45) is 5.41 Å². The lowest BCUT2D eigenvalue weighted by Crippen LogP contribution is -2.29. The van der Waals surface area contributed by atoms with Gasteiger partial charge in [0.15, 0.2) is 0 Å². The highest BCUT2D eigenvalue weighted by Gasteiger charge is 2.16. The number of hydrogen-bond acceptors (Lipinski definition) is 2. The third kappa shape index (κ3) is 5.65. The molecule has 0 spiro atoms. The third-order valence-corrected chi connectivity index (χ3v) is 3.23. The first kappa shape index (κ1) is 16.0. The molecule has 0 amide bonds. The van der Waals surface area contributed by atoms with Crippen molar-refractivity contribution in [2.45, 2.75) is 60.1 Å². The highest BCUT2D eigenvalue weighted by Crippen LogP contribution is 2.26. The van der Waals surface area contributed by atoms with Gasteiger partial charge in [0.2, 0.25) is 0 Å². The Balaban J connectivity index is 2.75. The normalized spacial score (nSPS) is 15.1. The summed E-state index contributed by atoms with van der Waals surface area (Å²) in [4.78, 5) is 0. The van der Waals surface area contributed by atoms with E-state index in [0.717, 1.165) is 18.7 Å². The lowest BCUT2D eigenvalue weighted by Gasteiger charge is -2.25. The number of benzene rings is 1. The molecular formula is C17H29NO. The van der Waals surface area contributed by atoms with Crippen LogP contribution in [0.1, 0.15) is 59.6 Å². The van der Waals surface area contributed by atoms with Crippen LogP contribution in [0.4, 0.5) is 0 Å². The van der Waals surface area contributed by atoms with Crippen molar-refractivity contribution in [3.63, 3.8) is 0 Å². The fourth-order valence-electron chi connectivity index (χ4n) is 1.81. The first-order valence-corrected chi connectivity index (χ1v) is 7.32. The van der Waals surface area contributed by atoms with Crippen molar-refractivity contribution in [3.8, 4) is 5.75 Å². The molecule has 1 aromatic carbocycles. The Kier molecular flexibility index (Phi) is 5.86. The molecule has 0 heterocycles. The standard InChI is InChI=1S/C17H29NO/c1-7-13(2)19-16-11-9-8-10-15(16)14(3)18-12-17(4,5)6/h8-11,13-14,18H,7,12H2,1-6H3. The van der Waals surface area contributed by atoms with Crippen LogP contribution in [0.2, 0.25) is 0 Å². The molecule has 2 unspecified atom stereocenters. The first-order chi connectivity index (χ1) is 8.83. The molecule has 0 saturated heterocycles. The molecule has 0 aliphatic rings. The molecule has 0 bridgehead atoms. The predicted octanol–water partition coefficient (Wildman–Crippen LogP) is 4.56. The Morgan fingerprint density at radius 1 is 1.16 bits per heavy atom. The minimum absolute atomic E-state index is 0.260. The van der Waals surface area contributed by atoms with Crippen molar-refractivity contribution >= 4 is 0 Å². The van der Waals surface area contributed by atoms with Gasteiger partial charge in [-0.25, -0.2) is 0 Å². The third-order valence-electron chi connectivity index (χ3n) is 3.23. The summed E-state index contributed by atoms with van der Waals surface area (Å²) in [6.45, 7) is 14.2. The Labute approximate surface area is 118 Å². The summed E-state index contributed by atoms with van der Waals surface area (Å²) >= 11 is 0. The van der Waals surface area contributed by atoms with Crippen LogP contribution in [0.25, 0.3) is 0 Å². The predicted molar refractivity (Wildman–Crippen MR) is 82.7 cm³/mol. The maximum Gasteiger partial charge on any atom is 0.124 e. The van der Waals surface area contributed by atoms with Crippen LogP contribution in [0.15, 0.2) is 24.3 Å². The number of hydrogen-bond donors (Lipinski definition) is 1. The van der Waals surface area contributed by atoms with Gasteiger partial charge in [-0.15, -0.1) is 0 Å². The summed E-state index contributed by atoms with van der Waals surface area (Å²) < 4.78 is 6.01. The van der Waals surface area contributed by atoms with Gasteiger partial charge in [0, 0.05) is 18.2 Å². The monoisotopic (exact) mass is 263 g/mol. The van der Waals surface area contributed by atoms with E-state index >= 15 is 0 Å². The Morgan fingerprint density at radius 3 is 2.37 bits per heavy atom. The van der Waals surface area contributed by atoms with Gasteiger partial charge in [0.1, 0.15) is 5.75 Å². The van der Waals surface area contributed by atoms with E-state index in [-0.39, 0.29) is 6.10 Å². The fourth-order valence-corrected chi connectivity index (χ4v) is 1.81.